The zero-order valence-electron chi connectivity index (χ0n) is 16.4. The fourth-order valence-electron chi connectivity index (χ4n) is 3.49. The zero-order chi connectivity index (χ0) is 21.2. The minimum Gasteiger partial charge on any atom is -0.457 e. The second kappa shape index (κ2) is 7.78. The van der Waals surface area contributed by atoms with E-state index >= 15 is 0 Å². The van der Waals surface area contributed by atoms with Crippen LogP contribution in [-0.2, 0) is 16.1 Å². The average Bonchev–Trinajstić information content (AvgIpc) is 3.50. The van der Waals surface area contributed by atoms with Gasteiger partial charge in [-0.25, -0.2) is 9.89 Å². The first-order valence-electron chi connectivity index (χ1n) is 9.51. The van der Waals surface area contributed by atoms with Crippen molar-refractivity contribution in [1.82, 2.24) is 40.8 Å². The summed E-state index contributed by atoms with van der Waals surface area (Å²) < 4.78 is 7.18. The van der Waals surface area contributed by atoms with Gasteiger partial charge in [-0.3, -0.25) is 0 Å². The van der Waals surface area contributed by atoms with Crippen molar-refractivity contribution in [3.8, 4) is 11.4 Å². The number of nitrogens with one attached hydrogen (secondary N) is 2. The Morgan fingerprint density at radius 1 is 1.06 bits per heavy atom. The Bertz CT molecular complexity index is 1230. The third kappa shape index (κ3) is 3.52. The monoisotopic (exact) mass is 415 g/mol. The van der Waals surface area contributed by atoms with E-state index in [4.69, 9.17) is 4.74 Å². The number of H-pyrrole nitrogens is 1. The van der Waals surface area contributed by atoms with Crippen LogP contribution in [0.25, 0.3) is 11.4 Å². The van der Waals surface area contributed by atoms with Crippen LogP contribution in [0.1, 0.15) is 24.1 Å². The Morgan fingerprint density at radius 2 is 1.87 bits per heavy atom. The SMILES string of the molecule is CC1=C(C(=O)OCc2ccccc2)C(c2ccc(-c3nnn[nH]3)cc2)n2nnnc2N1. The van der Waals surface area contributed by atoms with Crippen LogP contribution in [0.3, 0.4) is 0 Å². The van der Waals surface area contributed by atoms with E-state index in [-0.39, 0.29) is 6.61 Å². The van der Waals surface area contributed by atoms with Crippen LogP contribution in [0, 0.1) is 0 Å². The predicted octanol–water partition coefficient (Wildman–Crippen LogP) is 1.89. The van der Waals surface area contributed by atoms with E-state index in [1.54, 1.807) is 11.6 Å². The van der Waals surface area contributed by atoms with Gasteiger partial charge in [0.05, 0.1) is 5.57 Å². The molecule has 0 aliphatic carbocycles. The predicted molar refractivity (Wildman–Crippen MR) is 108 cm³/mol. The Kier molecular flexibility index (Phi) is 4.67. The highest BCUT2D eigenvalue weighted by Gasteiger charge is 2.35. The second-order valence-corrected chi connectivity index (χ2v) is 6.95. The molecule has 1 atom stereocenters. The maximum atomic E-state index is 13.1. The molecule has 0 saturated carbocycles. The normalized spacial score (nSPS) is 15.3. The van der Waals surface area contributed by atoms with Gasteiger partial charge >= 0.3 is 5.97 Å². The van der Waals surface area contributed by atoms with Crippen molar-refractivity contribution >= 4 is 11.9 Å². The van der Waals surface area contributed by atoms with Crippen molar-refractivity contribution in [2.75, 3.05) is 5.32 Å². The highest BCUT2D eigenvalue weighted by atomic mass is 16.5. The van der Waals surface area contributed by atoms with Crippen LogP contribution < -0.4 is 5.32 Å². The number of carbonyl (C=O) groups excluding carboxylic acids is 1. The van der Waals surface area contributed by atoms with Gasteiger partial charge in [-0.15, -0.1) is 5.10 Å². The molecule has 1 aliphatic rings. The van der Waals surface area contributed by atoms with Gasteiger partial charge in [0.1, 0.15) is 12.6 Å². The summed E-state index contributed by atoms with van der Waals surface area (Å²) in [5, 5.41) is 28.7. The molecule has 2 aromatic heterocycles. The second-order valence-electron chi connectivity index (χ2n) is 6.95. The summed E-state index contributed by atoms with van der Waals surface area (Å²) in [6, 6.07) is 16.5. The molecule has 0 radical (unpaired) electrons. The smallest absolute Gasteiger partial charge is 0.338 e. The number of carbonyl (C=O) groups is 1. The first kappa shape index (κ1) is 18.6. The number of ether oxygens (including phenoxy) is 1. The number of anilines is 1. The molecular formula is C20H17N9O2. The molecule has 4 aromatic rings. The molecule has 31 heavy (non-hydrogen) atoms. The molecule has 154 valence electrons. The van der Waals surface area contributed by atoms with Crippen LogP contribution in [0.4, 0.5) is 5.95 Å². The molecule has 1 aliphatic heterocycles. The van der Waals surface area contributed by atoms with Gasteiger partial charge in [0, 0.05) is 11.3 Å². The van der Waals surface area contributed by atoms with E-state index in [9.17, 15) is 4.79 Å². The van der Waals surface area contributed by atoms with Crippen LogP contribution in [0.15, 0.2) is 65.9 Å². The average molecular weight is 415 g/mol. The van der Waals surface area contributed by atoms with E-state index in [0.29, 0.717) is 23.0 Å². The lowest BCUT2D eigenvalue weighted by Gasteiger charge is -2.27. The Balaban J connectivity index is 1.47. The molecule has 5 rings (SSSR count). The van der Waals surface area contributed by atoms with E-state index in [1.165, 1.54) is 0 Å². The third-order valence-corrected chi connectivity index (χ3v) is 4.99. The van der Waals surface area contributed by atoms with Crippen LogP contribution >= 0.6 is 0 Å². The number of nitrogens with zero attached hydrogens (tertiary/aromatic N) is 7. The number of fused-ring (bicyclic) bond motifs is 1. The minimum absolute atomic E-state index is 0.170. The molecule has 0 fully saturated rings. The van der Waals surface area contributed by atoms with E-state index in [1.807, 2.05) is 54.6 Å². The van der Waals surface area contributed by atoms with Crippen LogP contribution in [-0.4, -0.2) is 46.8 Å². The summed E-state index contributed by atoms with van der Waals surface area (Å²) in [7, 11) is 0. The molecule has 3 heterocycles. The zero-order valence-corrected chi connectivity index (χ0v) is 16.4. The number of benzene rings is 2. The highest BCUT2D eigenvalue weighted by molar-refractivity contribution is 5.92. The topological polar surface area (TPSA) is 136 Å². The van der Waals surface area contributed by atoms with Crippen molar-refractivity contribution in [2.45, 2.75) is 19.6 Å². The number of hydrogen-bond donors (Lipinski definition) is 2. The fraction of sp³-hybridized carbons (Fsp3) is 0.150. The maximum Gasteiger partial charge on any atom is 0.338 e. The quantitative estimate of drug-likeness (QED) is 0.468. The van der Waals surface area contributed by atoms with E-state index in [2.05, 4.69) is 41.5 Å². The standard InChI is InChI=1S/C20H17N9O2/c1-12-16(19(30)31-11-13-5-3-2-4-6-13)17(29-20(21-12)24-27-28-29)14-7-9-15(10-8-14)18-22-25-26-23-18/h2-10,17H,11H2,1H3,(H,21,24,28)(H,22,23,25,26). The van der Waals surface area contributed by atoms with E-state index < -0.39 is 12.0 Å². The summed E-state index contributed by atoms with van der Waals surface area (Å²) >= 11 is 0. The van der Waals surface area contributed by atoms with Gasteiger partial charge < -0.3 is 10.1 Å². The lowest BCUT2D eigenvalue weighted by molar-refractivity contribution is -0.140. The molecule has 2 N–H and O–H groups in total. The summed E-state index contributed by atoms with van der Waals surface area (Å²) in [6.45, 7) is 1.97. The van der Waals surface area contributed by atoms with Gasteiger partial charge in [-0.1, -0.05) is 59.7 Å². The minimum atomic E-state index is -0.545. The summed E-state index contributed by atoms with van der Waals surface area (Å²) in [5.41, 5.74) is 3.60. The highest BCUT2D eigenvalue weighted by Crippen LogP contribution is 2.35. The lowest BCUT2D eigenvalue weighted by Crippen LogP contribution is -2.29. The van der Waals surface area contributed by atoms with Gasteiger partial charge in [0.25, 0.3) is 0 Å². The molecule has 2 aromatic carbocycles. The number of rotatable bonds is 5. The van der Waals surface area contributed by atoms with Gasteiger partial charge in [0.2, 0.25) is 5.95 Å². The summed E-state index contributed by atoms with van der Waals surface area (Å²) in [6.07, 6.45) is 0. The number of tetrazole rings is 2. The molecular weight excluding hydrogens is 398 g/mol. The summed E-state index contributed by atoms with van der Waals surface area (Å²) in [4.78, 5) is 13.1. The molecule has 0 saturated heterocycles. The van der Waals surface area contributed by atoms with Gasteiger partial charge in [-0.2, -0.15) is 4.68 Å². The number of aromatic nitrogens is 8. The molecule has 0 spiro atoms. The van der Waals surface area contributed by atoms with Crippen molar-refractivity contribution in [2.24, 2.45) is 0 Å². The number of esters is 1. The number of hydrogen-bond acceptors (Lipinski definition) is 9. The van der Waals surface area contributed by atoms with E-state index in [0.717, 1.165) is 16.7 Å². The lowest BCUT2D eigenvalue weighted by atomic mass is 9.95. The maximum absolute atomic E-state index is 13.1. The first-order valence-corrected chi connectivity index (χ1v) is 9.51. The molecule has 11 heteroatoms. The molecule has 0 bridgehead atoms. The van der Waals surface area contributed by atoms with Crippen LogP contribution in [0.5, 0.6) is 0 Å². The Hall–Kier alpha value is -4.41. The van der Waals surface area contributed by atoms with Gasteiger partial charge in [0.15, 0.2) is 5.82 Å². The molecule has 0 amide bonds. The molecule has 11 nitrogen and oxygen atoms in total. The van der Waals surface area contributed by atoms with Crippen molar-refractivity contribution < 1.29 is 9.53 Å². The van der Waals surface area contributed by atoms with Crippen molar-refractivity contribution in [3.05, 3.63) is 77.0 Å². The Labute approximate surface area is 176 Å². The Morgan fingerprint density at radius 3 is 2.61 bits per heavy atom. The van der Waals surface area contributed by atoms with Gasteiger partial charge in [-0.05, 0) is 38.9 Å². The molecule has 1 unspecified atom stereocenters. The third-order valence-electron chi connectivity index (χ3n) is 4.99. The largest absolute Gasteiger partial charge is 0.457 e. The van der Waals surface area contributed by atoms with Crippen molar-refractivity contribution in [3.63, 3.8) is 0 Å². The fourth-order valence-corrected chi connectivity index (χ4v) is 3.49. The summed E-state index contributed by atoms with van der Waals surface area (Å²) in [5.74, 6) is 0.559. The number of aromatic amines is 1. The first-order chi connectivity index (χ1) is 15.2. The van der Waals surface area contributed by atoms with Crippen LogP contribution in [0.2, 0.25) is 0 Å². The number of allylic oxidation sites excluding steroid dienone is 1. The van der Waals surface area contributed by atoms with Crippen molar-refractivity contribution in [1.29, 1.82) is 0 Å².